The van der Waals surface area contributed by atoms with Gasteiger partial charge in [-0.05, 0) is 19.4 Å². The zero-order chi connectivity index (χ0) is 8.93. The van der Waals surface area contributed by atoms with Crippen molar-refractivity contribution in [2.45, 2.75) is 25.6 Å². The fourth-order valence-electron chi connectivity index (χ4n) is 1.48. The summed E-state index contributed by atoms with van der Waals surface area (Å²) in [5.74, 6) is 0. The molecule has 0 amide bonds. The van der Waals surface area contributed by atoms with Crippen molar-refractivity contribution in [1.82, 2.24) is 10.3 Å². The average Bonchev–Trinajstić information content (AvgIpc) is 2.69. The van der Waals surface area contributed by atoms with Crippen molar-refractivity contribution in [2.24, 2.45) is 0 Å². The summed E-state index contributed by atoms with van der Waals surface area (Å²) >= 11 is 1.65. The third kappa shape index (κ3) is 2.76. The highest BCUT2D eigenvalue weighted by Gasteiger charge is 2.13. The molecule has 1 N–H and O–H groups in total. The van der Waals surface area contributed by atoms with Gasteiger partial charge in [0, 0.05) is 18.1 Å². The summed E-state index contributed by atoms with van der Waals surface area (Å²) in [6.07, 6.45) is 4.61. The zero-order valence-corrected chi connectivity index (χ0v) is 8.35. The number of ether oxygens (including phenoxy) is 1. The summed E-state index contributed by atoms with van der Waals surface area (Å²) < 4.78 is 5.71. The van der Waals surface area contributed by atoms with E-state index in [2.05, 4.69) is 10.3 Å². The molecule has 1 aliphatic rings. The quantitative estimate of drug-likeness (QED) is 0.797. The molecule has 1 fully saturated rings. The highest BCUT2D eigenvalue weighted by atomic mass is 32.1. The second-order valence-corrected chi connectivity index (χ2v) is 4.18. The van der Waals surface area contributed by atoms with Crippen LogP contribution < -0.4 is 5.32 Å². The molecule has 1 unspecified atom stereocenters. The van der Waals surface area contributed by atoms with E-state index in [0.717, 1.165) is 18.1 Å². The Kier molecular flexibility index (Phi) is 3.29. The second-order valence-electron chi connectivity index (χ2n) is 3.21. The topological polar surface area (TPSA) is 34.1 Å². The minimum atomic E-state index is 0.387. The first-order chi connectivity index (χ1) is 6.45. The Labute approximate surface area is 82.1 Å². The Bertz CT molecular complexity index is 232. The number of nitrogens with zero attached hydrogens (tertiary/aromatic N) is 1. The second kappa shape index (κ2) is 4.69. The molecule has 13 heavy (non-hydrogen) atoms. The molecule has 0 spiro atoms. The standard InChI is InChI=1S/C9H14N2OS/c1-2-8(6-10-3-1)12-7-9-11-4-5-13-9/h4-5,8,10H,1-3,6-7H2. The number of piperidine rings is 1. The van der Waals surface area contributed by atoms with Crippen LogP contribution in [0.1, 0.15) is 17.8 Å². The van der Waals surface area contributed by atoms with Crippen molar-refractivity contribution < 1.29 is 4.74 Å². The minimum absolute atomic E-state index is 0.387. The van der Waals surface area contributed by atoms with Crippen LogP contribution in [0.15, 0.2) is 11.6 Å². The predicted molar refractivity (Wildman–Crippen MR) is 52.8 cm³/mol. The molecule has 0 radical (unpaired) electrons. The van der Waals surface area contributed by atoms with Crippen LogP contribution >= 0.6 is 11.3 Å². The Hall–Kier alpha value is -0.450. The molecule has 0 saturated carbocycles. The maximum Gasteiger partial charge on any atom is 0.118 e. The van der Waals surface area contributed by atoms with Gasteiger partial charge < -0.3 is 10.1 Å². The average molecular weight is 198 g/mol. The molecule has 72 valence electrons. The van der Waals surface area contributed by atoms with Crippen LogP contribution in [0.4, 0.5) is 0 Å². The lowest BCUT2D eigenvalue weighted by molar-refractivity contribution is 0.0252. The van der Waals surface area contributed by atoms with Crippen LogP contribution in [0.5, 0.6) is 0 Å². The van der Waals surface area contributed by atoms with E-state index in [9.17, 15) is 0 Å². The lowest BCUT2D eigenvalue weighted by atomic mass is 10.1. The number of rotatable bonds is 3. The van der Waals surface area contributed by atoms with Gasteiger partial charge in [0.2, 0.25) is 0 Å². The third-order valence-electron chi connectivity index (χ3n) is 2.18. The van der Waals surface area contributed by atoms with E-state index in [1.54, 1.807) is 11.3 Å². The van der Waals surface area contributed by atoms with Crippen molar-refractivity contribution in [3.63, 3.8) is 0 Å². The molecule has 0 bridgehead atoms. The van der Waals surface area contributed by atoms with Crippen LogP contribution in [0.25, 0.3) is 0 Å². The minimum Gasteiger partial charge on any atom is -0.370 e. The van der Waals surface area contributed by atoms with Gasteiger partial charge in [0.25, 0.3) is 0 Å². The lowest BCUT2D eigenvalue weighted by Crippen LogP contribution is -2.35. The summed E-state index contributed by atoms with van der Waals surface area (Å²) in [5.41, 5.74) is 0. The monoisotopic (exact) mass is 198 g/mol. The van der Waals surface area contributed by atoms with Crippen molar-refractivity contribution in [3.05, 3.63) is 16.6 Å². The van der Waals surface area contributed by atoms with Gasteiger partial charge in [0.15, 0.2) is 0 Å². The van der Waals surface area contributed by atoms with Crippen molar-refractivity contribution in [2.75, 3.05) is 13.1 Å². The van der Waals surface area contributed by atoms with Crippen molar-refractivity contribution in [1.29, 1.82) is 0 Å². The van der Waals surface area contributed by atoms with Crippen LogP contribution in [0.2, 0.25) is 0 Å². The molecule has 1 aromatic heterocycles. The van der Waals surface area contributed by atoms with Gasteiger partial charge in [0.1, 0.15) is 5.01 Å². The zero-order valence-electron chi connectivity index (χ0n) is 7.53. The fourth-order valence-corrected chi connectivity index (χ4v) is 2.01. The van der Waals surface area contributed by atoms with E-state index >= 15 is 0 Å². The fraction of sp³-hybridized carbons (Fsp3) is 0.667. The largest absolute Gasteiger partial charge is 0.370 e. The van der Waals surface area contributed by atoms with Crippen molar-refractivity contribution >= 4 is 11.3 Å². The summed E-state index contributed by atoms with van der Waals surface area (Å²) in [4.78, 5) is 4.17. The van der Waals surface area contributed by atoms with Crippen LogP contribution in [0.3, 0.4) is 0 Å². The Balaban J connectivity index is 1.72. The molecule has 0 aromatic carbocycles. The van der Waals surface area contributed by atoms with Gasteiger partial charge in [-0.15, -0.1) is 11.3 Å². The van der Waals surface area contributed by atoms with E-state index in [1.165, 1.54) is 12.8 Å². The molecule has 2 rings (SSSR count). The maximum absolute atomic E-state index is 5.71. The first-order valence-electron chi connectivity index (χ1n) is 4.66. The SMILES string of the molecule is c1csc(COC2CCCNC2)n1. The van der Waals surface area contributed by atoms with Crippen LogP contribution in [-0.4, -0.2) is 24.2 Å². The molecule has 2 heterocycles. The molecular formula is C9H14N2OS. The molecule has 1 aromatic rings. The smallest absolute Gasteiger partial charge is 0.118 e. The molecule has 1 saturated heterocycles. The molecule has 4 heteroatoms. The summed E-state index contributed by atoms with van der Waals surface area (Å²) in [7, 11) is 0. The summed E-state index contributed by atoms with van der Waals surface area (Å²) in [5, 5.41) is 6.38. The van der Waals surface area contributed by atoms with Gasteiger partial charge >= 0.3 is 0 Å². The van der Waals surface area contributed by atoms with E-state index in [1.807, 2.05) is 11.6 Å². The lowest BCUT2D eigenvalue weighted by Gasteiger charge is -2.22. The first-order valence-corrected chi connectivity index (χ1v) is 5.54. The normalized spacial score (nSPS) is 23.2. The predicted octanol–water partition coefficient (Wildman–Crippen LogP) is 1.41. The highest BCUT2D eigenvalue weighted by Crippen LogP contribution is 2.11. The van der Waals surface area contributed by atoms with E-state index in [4.69, 9.17) is 4.74 Å². The molecule has 3 nitrogen and oxygen atoms in total. The van der Waals surface area contributed by atoms with Gasteiger partial charge in [-0.2, -0.15) is 0 Å². The molecular weight excluding hydrogens is 184 g/mol. The number of thiazole rings is 1. The van der Waals surface area contributed by atoms with Gasteiger partial charge in [-0.1, -0.05) is 0 Å². The number of nitrogens with one attached hydrogen (secondary N) is 1. The Morgan fingerprint density at radius 2 is 2.69 bits per heavy atom. The Morgan fingerprint density at radius 1 is 1.69 bits per heavy atom. The maximum atomic E-state index is 5.71. The van der Waals surface area contributed by atoms with E-state index < -0.39 is 0 Å². The number of hydrogen-bond donors (Lipinski definition) is 1. The highest BCUT2D eigenvalue weighted by molar-refractivity contribution is 7.09. The molecule has 0 aliphatic carbocycles. The van der Waals surface area contributed by atoms with Crippen molar-refractivity contribution in [3.8, 4) is 0 Å². The third-order valence-corrected chi connectivity index (χ3v) is 2.93. The Morgan fingerprint density at radius 3 is 3.38 bits per heavy atom. The van der Waals surface area contributed by atoms with Crippen LogP contribution in [0, 0.1) is 0 Å². The molecule has 1 aliphatic heterocycles. The van der Waals surface area contributed by atoms with E-state index in [0.29, 0.717) is 12.7 Å². The number of hydrogen-bond acceptors (Lipinski definition) is 4. The summed E-state index contributed by atoms with van der Waals surface area (Å²) in [6.45, 7) is 2.80. The first kappa shape index (κ1) is 9.12. The number of aromatic nitrogens is 1. The van der Waals surface area contributed by atoms with E-state index in [-0.39, 0.29) is 0 Å². The van der Waals surface area contributed by atoms with Crippen LogP contribution in [-0.2, 0) is 11.3 Å². The molecule has 1 atom stereocenters. The van der Waals surface area contributed by atoms with Gasteiger partial charge in [-0.3, -0.25) is 0 Å². The van der Waals surface area contributed by atoms with Gasteiger partial charge in [-0.25, -0.2) is 4.98 Å². The summed E-state index contributed by atoms with van der Waals surface area (Å²) in [6, 6.07) is 0. The van der Waals surface area contributed by atoms with Gasteiger partial charge in [0.05, 0.1) is 12.7 Å².